The van der Waals surface area contributed by atoms with Crippen molar-refractivity contribution in [2.75, 3.05) is 0 Å². The Morgan fingerprint density at radius 1 is 0.737 bits per heavy atom. The lowest BCUT2D eigenvalue weighted by Gasteiger charge is -2.04. The fourth-order valence-electron chi connectivity index (χ4n) is 2.57. The van der Waals surface area contributed by atoms with Gasteiger partial charge in [-0.1, -0.05) is 24.3 Å². The van der Waals surface area contributed by atoms with E-state index < -0.39 is 0 Å². The standard InChI is InChI=1S/C17H10O2/c18-16-5-1-3-12-9-13-7-6-11-4-2-8-19-17(11)15(13)10-14(12)16/h1-10H. The molecule has 0 atom stereocenters. The molecule has 0 aliphatic carbocycles. The van der Waals surface area contributed by atoms with Crippen molar-refractivity contribution < 1.29 is 4.42 Å². The minimum atomic E-state index is 0.0485. The fraction of sp³-hybridized carbons (Fsp3) is 0. The lowest BCUT2D eigenvalue weighted by molar-refractivity contribution is 0.607. The number of benzene rings is 3. The summed E-state index contributed by atoms with van der Waals surface area (Å²) in [5.74, 6) is 0. The van der Waals surface area contributed by atoms with E-state index >= 15 is 0 Å². The topological polar surface area (TPSA) is 30.2 Å². The van der Waals surface area contributed by atoms with Gasteiger partial charge in [-0.25, -0.2) is 0 Å². The highest BCUT2D eigenvalue weighted by Crippen LogP contribution is 2.28. The summed E-state index contributed by atoms with van der Waals surface area (Å²) >= 11 is 0. The van der Waals surface area contributed by atoms with Crippen molar-refractivity contribution in [1.82, 2.24) is 0 Å². The third-order valence-corrected chi connectivity index (χ3v) is 3.50. The molecule has 0 saturated carbocycles. The molecule has 0 aliphatic heterocycles. The van der Waals surface area contributed by atoms with E-state index in [2.05, 4.69) is 6.07 Å². The molecule has 4 aromatic rings. The van der Waals surface area contributed by atoms with E-state index in [1.165, 1.54) is 0 Å². The molecule has 2 heteroatoms. The van der Waals surface area contributed by atoms with Gasteiger partial charge in [0.2, 0.25) is 0 Å². The van der Waals surface area contributed by atoms with Crippen molar-refractivity contribution in [2.24, 2.45) is 0 Å². The van der Waals surface area contributed by atoms with Crippen LogP contribution in [0.5, 0.6) is 0 Å². The highest BCUT2D eigenvalue weighted by Gasteiger charge is 2.05. The molecule has 0 saturated heterocycles. The van der Waals surface area contributed by atoms with Gasteiger partial charge in [-0.05, 0) is 41.1 Å². The molecule has 0 fully saturated rings. The van der Waals surface area contributed by atoms with E-state index in [0.717, 1.165) is 32.5 Å². The molecule has 90 valence electrons. The lowest BCUT2D eigenvalue weighted by atomic mass is 10.0. The third-order valence-electron chi connectivity index (χ3n) is 3.50. The quantitative estimate of drug-likeness (QED) is 0.345. The molecule has 1 aromatic heterocycles. The first-order valence-corrected chi connectivity index (χ1v) is 6.16. The van der Waals surface area contributed by atoms with Gasteiger partial charge in [0.1, 0.15) is 5.58 Å². The maximum absolute atomic E-state index is 11.9. The van der Waals surface area contributed by atoms with Crippen LogP contribution >= 0.6 is 0 Å². The van der Waals surface area contributed by atoms with Crippen LogP contribution < -0.4 is 5.43 Å². The zero-order valence-electron chi connectivity index (χ0n) is 10.1. The summed E-state index contributed by atoms with van der Waals surface area (Å²) in [7, 11) is 0. The molecule has 0 N–H and O–H groups in total. The van der Waals surface area contributed by atoms with Crippen molar-refractivity contribution >= 4 is 32.5 Å². The largest absolute Gasteiger partial charge is 0.464 e. The highest BCUT2D eigenvalue weighted by molar-refractivity contribution is 6.09. The van der Waals surface area contributed by atoms with Crippen LogP contribution in [-0.4, -0.2) is 0 Å². The van der Waals surface area contributed by atoms with Crippen molar-refractivity contribution in [1.29, 1.82) is 0 Å². The lowest BCUT2D eigenvalue weighted by Crippen LogP contribution is -1.97. The molecule has 4 rings (SSSR count). The molecule has 0 bridgehead atoms. The van der Waals surface area contributed by atoms with E-state index in [1.54, 1.807) is 18.4 Å². The Labute approximate surface area is 108 Å². The second-order valence-electron chi connectivity index (χ2n) is 4.65. The van der Waals surface area contributed by atoms with Crippen LogP contribution in [0.3, 0.4) is 0 Å². The molecular weight excluding hydrogens is 236 g/mol. The van der Waals surface area contributed by atoms with Gasteiger partial charge >= 0.3 is 0 Å². The van der Waals surface area contributed by atoms with Gasteiger partial charge in [-0.3, -0.25) is 4.79 Å². The number of hydrogen-bond donors (Lipinski definition) is 0. The van der Waals surface area contributed by atoms with Crippen LogP contribution in [0, 0.1) is 0 Å². The molecule has 0 amide bonds. The third kappa shape index (κ3) is 1.47. The second-order valence-corrected chi connectivity index (χ2v) is 4.65. The first kappa shape index (κ1) is 10.3. The number of fused-ring (bicyclic) bond motifs is 4. The molecule has 0 spiro atoms. The van der Waals surface area contributed by atoms with E-state index in [-0.39, 0.29) is 5.43 Å². The predicted molar refractivity (Wildman–Crippen MR) is 77.5 cm³/mol. The summed E-state index contributed by atoms with van der Waals surface area (Å²) in [6.07, 6.45) is 1.66. The molecule has 0 radical (unpaired) electrons. The first-order chi connectivity index (χ1) is 9.33. The summed E-state index contributed by atoms with van der Waals surface area (Å²) in [4.78, 5) is 11.9. The van der Waals surface area contributed by atoms with Gasteiger partial charge in [0.05, 0.1) is 6.26 Å². The van der Waals surface area contributed by atoms with Crippen LogP contribution in [0.15, 0.2) is 70.1 Å². The highest BCUT2D eigenvalue weighted by atomic mass is 16.3. The minimum absolute atomic E-state index is 0.0485. The predicted octanol–water partition coefficient (Wildman–Crippen LogP) is 4.10. The van der Waals surface area contributed by atoms with Crippen LogP contribution in [0.4, 0.5) is 0 Å². The van der Waals surface area contributed by atoms with E-state index in [4.69, 9.17) is 4.42 Å². The van der Waals surface area contributed by atoms with Gasteiger partial charge in [0.15, 0.2) is 5.43 Å². The van der Waals surface area contributed by atoms with Crippen LogP contribution in [0.25, 0.3) is 32.5 Å². The minimum Gasteiger partial charge on any atom is -0.464 e. The van der Waals surface area contributed by atoms with E-state index in [0.29, 0.717) is 0 Å². The summed E-state index contributed by atoms with van der Waals surface area (Å²) in [5.41, 5.74) is 0.873. The molecular formula is C17H10O2. The molecule has 0 aliphatic rings. The Morgan fingerprint density at radius 2 is 1.53 bits per heavy atom. The molecule has 19 heavy (non-hydrogen) atoms. The summed E-state index contributed by atoms with van der Waals surface area (Å²) in [6.45, 7) is 0. The molecule has 0 unspecified atom stereocenters. The first-order valence-electron chi connectivity index (χ1n) is 6.16. The summed E-state index contributed by atoms with van der Waals surface area (Å²) < 4.78 is 5.61. The zero-order valence-corrected chi connectivity index (χ0v) is 10.1. The van der Waals surface area contributed by atoms with Crippen molar-refractivity contribution in [3.8, 4) is 0 Å². The normalized spacial score (nSPS) is 11.4. The molecule has 3 aromatic carbocycles. The monoisotopic (exact) mass is 246 g/mol. The van der Waals surface area contributed by atoms with Crippen LogP contribution in [0.2, 0.25) is 0 Å². The van der Waals surface area contributed by atoms with Crippen LogP contribution in [-0.2, 0) is 0 Å². The Kier molecular flexibility index (Phi) is 2.00. The average molecular weight is 246 g/mol. The maximum Gasteiger partial charge on any atom is 0.186 e. The number of rotatable bonds is 0. The van der Waals surface area contributed by atoms with E-state index in [1.807, 2.05) is 36.4 Å². The van der Waals surface area contributed by atoms with Gasteiger partial charge in [0, 0.05) is 16.2 Å². The van der Waals surface area contributed by atoms with Crippen molar-refractivity contribution in [3.63, 3.8) is 0 Å². The molecule has 1 heterocycles. The summed E-state index contributed by atoms with van der Waals surface area (Å²) in [6, 6.07) is 17.3. The Hall–Kier alpha value is -2.61. The van der Waals surface area contributed by atoms with Gasteiger partial charge in [0.25, 0.3) is 0 Å². The smallest absolute Gasteiger partial charge is 0.186 e. The molecule has 2 nitrogen and oxygen atoms in total. The number of hydrogen-bond acceptors (Lipinski definition) is 2. The fourth-order valence-corrected chi connectivity index (χ4v) is 2.57. The van der Waals surface area contributed by atoms with Crippen molar-refractivity contribution in [3.05, 3.63) is 71.1 Å². The van der Waals surface area contributed by atoms with Gasteiger partial charge in [-0.2, -0.15) is 0 Å². The van der Waals surface area contributed by atoms with Gasteiger partial charge in [-0.15, -0.1) is 0 Å². The summed E-state index contributed by atoms with van der Waals surface area (Å²) in [5, 5.41) is 4.81. The Balaban J connectivity index is 2.31. The average Bonchev–Trinajstić information content (AvgIpc) is 2.46. The van der Waals surface area contributed by atoms with Gasteiger partial charge < -0.3 is 4.42 Å². The zero-order chi connectivity index (χ0) is 12.8. The maximum atomic E-state index is 11.9. The van der Waals surface area contributed by atoms with E-state index in [9.17, 15) is 4.79 Å². The Bertz CT molecular complexity index is 980. The second kappa shape index (κ2) is 3.69. The van der Waals surface area contributed by atoms with Crippen LogP contribution in [0.1, 0.15) is 0 Å². The SMILES string of the molecule is O=c1cccc2cc3ccc4cccoc4c3cc12. The van der Waals surface area contributed by atoms with Crippen molar-refractivity contribution in [2.45, 2.75) is 0 Å². The Morgan fingerprint density at radius 3 is 2.47 bits per heavy atom.